The number of nitrogens with one attached hydrogen (secondary N) is 2. The molecule has 17 heavy (non-hydrogen) atoms. The van der Waals surface area contributed by atoms with Crippen molar-refractivity contribution in [3.8, 4) is 0 Å². The van der Waals surface area contributed by atoms with Gasteiger partial charge in [-0.25, -0.2) is 4.79 Å². The summed E-state index contributed by atoms with van der Waals surface area (Å²) in [5, 5.41) is 14.3. The van der Waals surface area contributed by atoms with Crippen molar-refractivity contribution in [3.63, 3.8) is 0 Å². The number of carbonyl (C=O) groups is 1. The Bertz CT molecular complexity index is 393. The van der Waals surface area contributed by atoms with Crippen molar-refractivity contribution in [2.45, 2.75) is 33.7 Å². The molecule has 0 bridgehead atoms. The minimum atomic E-state index is -0.290. The molecular formula is C13H20N2O2. The Kier molecular flexibility index (Phi) is 4.52. The maximum absolute atomic E-state index is 11.6. The Morgan fingerprint density at radius 1 is 1.29 bits per heavy atom. The summed E-state index contributed by atoms with van der Waals surface area (Å²) >= 11 is 0. The van der Waals surface area contributed by atoms with Crippen LogP contribution in [0, 0.1) is 20.8 Å². The van der Waals surface area contributed by atoms with Crippen LogP contribution in [0.1, 0.15) is 23.6 Å². The van der Waals surface area contributed by atoms with Crippen LogP contribution in [-0.2, 0) is 0 Å². The number of amides is 2. The van der Waals surface area contributed by atoms with Crippen molar-refractivity contribution < 1.29 is 9.90 Å². The zero-order valence-electron chi connectivity index (χ0n) is 10.8. The van der Waals surface area contributed by atoms with E-state index in [9.17, 15) is 4.79 Å². The summed E-state index contributed by atoms with van der Waals surface area (Å²) in [5.41, 5.74) is 4.08. The number of hydrogen-bond acceptors (Lipinski definition) is 2. The van der Waals surface area contributed by atoms with Gasteiger partial charge < -0.3 is 15.7 Å². The maximum Gasteiger partial charge on any atom is 0.319 e. The molecule has 3 N–H and O–H groups in total. The Balaban J connectivity index is 2.78. The highest BCUT2D eigenvalue weighted by Gasteiger charge is 2.09. The smallest absolute Gasteiger partial charge is 0.319 e. The topological polar surface area (TPSA) is 61.4 Å². The third kappa shape index (κ3) is 3.75. The van der Waals surface area contributed by atoms with Gasteiger partial charge in [0.1, 0.15) is 0 Å². The van der Waals surface area contributed by atoms with Crippen molar-refractivity contribution >= 4 is 11.7 Å². The standard InChI is InChI=1S/C13H20N2O2/c1-8-5-9(2)12(10(3)6-8)15-13(17)14-11(4)7-16/h5-6,11,16H,7H2,1-4H3,(H2,14,15,17). The summed E-state index contributed by atoms with van der Waals surface area (Å²) in [6, 6.07) is 3.51. The Morgan fingerprint density at radius 2 is 1.82 bits per heavy atom. The lowest BCUT2D eigenvalue weighted by molar-refractivity contribution is 0.229. The number of benzene rings is 1. The average molecular weight is 236 g/mol. The largest absolute Gasteiger partial charge is 0.394 e. The summed E-state index contributed by atoms with van der Waals surface area (Å²) < 4.78 is 0. The molecule has 1 atom stereocenters. The number of hydrogen-bond donors (Lipinski definition) is 3. The van der Waals surface area contributed by atoms with Crippen LogP contribution in [0.2, 0.25) is 0 Å². The van der Waals surface area contributed by atoms with E-state index in [1.54, 1.807) is 6.92 Å². The lowest BCUT2D eigenvalue weighted by atomic mass is 10.1. The van der Waals surface area contributed by atoms with Gasteiger partial charge in [-0.3, -0.25) is 0 Å². The van der Waals surface area contributed by atoms with E-state index in [1.807, 2.05) is 32.9 Å². The van der Waals surface area contributed by atoms with Crippen LogP contribution in [0.3, 0.4) is 0 Å². The molecule has 0 saturated heterocycles. The summed E-state index contributed by atoms with van der Waals surface area (Å²) in [4.78, 5) is 11.6. The predicted molar refractivity (Wildman–Crippen MR) is 69.4 cm³/mol. The number of rotatable bonds is 3. The first-order valence-electron chi connectivity index (χ1n) is 5.70. The molecule has 1 unspecified atom stereocenters. The molecule has 94 valence electrons. The number of anilines is 1. The number of carbonyl (C=O) groups excluding carboxylic acids is 1. The van der Waals surface area contributed by atoms with Crippen molar-refractivity contribution in [2.24, 2.45) is 0 Å². The number of aliphatic hydroxyl groups excluding tert-OH is 1. The fourth-order valence-corrected chi connectivity index (χ4v) is 1.80. The van der Waals surface area contributed by atoms with Gasteiger partial charge in [0.25, 0.3) is 0 Å². The van der Waals surface area contributed by atoms with Gasteiger partial charge in [0.2, 0.25) is 0 Å². The van der Waals surface area contributed by atoms with Gasteiger partial charge in [0.05, 0.1) is 12.6 Å². The van der Waals surface area contributed by atoms with Crippen LogP contribution < -0.4 is 10.6 Å². The molecule has 4 heteroatoms. The fourth-order valence-electron chi connectivity index (χ4n) is 1.80. The molecule has 0 saturated carbocycles. The SMILES string of the molecule is Cc1cc(C)c(NC(=O)NC(C)CO)c(C)c1. The van der Waals surface area contributed by atoms with E-state index in [1.165, 1.54) is 5.56 Å². The summed E-state index contributed by atoms with van der Waals surface area (Å²) in [6.07, 6.45) is 0. The number of urea groups is 1. The molecule has 0 radical (unpaired) electrons. The molecule has 0 aliphatic carbocycles. The van der Waals surface area contributed by atoms with Crippen LogP contribution in [-0.4, -0.2) is 23.8 Å². The van der Waals surface area contributed by atoms with Crippen molar-refractivity contribution in [2.75, 3.05) is 11.9 Å². The van der Waals surface area contributed by atoms with Crippen molar-refractivity contribution in [3.05, 3.63) is 28.8 Å². The van der Waals surface area contributed by atoms with Gasteiger partial charge in [0.15, 0.2) is 0 Å². The predicted octanol–water partition coefficient (Wildman–Crippen LogP) is 2.11. The number of aryl methyl sites for hydroxylation is 3. The monoisotopic (exact) mass is 236 g/mol. The molecular weight excluding hydrogens is 216 g/mol. The molecule has 0 heterocycles. The third-order valence-corrected chi connectivity index (χ3v) is 2.57. The maximum atomic E-state index is 11.6. The van der Waals surface area contributed by atoms with Gasteiger partial charge in [-0.15, -0.1) is 0 Å². The Labute approximate surface area is 102 Å². The van der Waals surface area contributed by atoms with Crippen molar-refractivity contribution in [1.29, 1.82) is 0 Å². The number of aliphatic hydroxyl groups is 1. The molecule has 0 aliphatic heterocycles. The van der Waals surface area contributed by atoms with E-state index >= 15 is 0 Å². The first-order valence-corrected chi connectivity index (χ1v) is 5.70. The first-order chi connectivity index (χ1) is 7.93. The zero-order valence-corrected chi connectivity index (χ0v) is 10.8. The highest BCUT2D eigenvalue weighted by Crippen LogP contribution is 2.21. The van der Waals surface area contributed by atoms with Crippen molar-refractivity contribution in [1.82, 2.24) is 5.32 Å². The molecule has 2 amide bonds. The van der Waals surface area contributed by atoms with E-state index in [2.05, 4.69) is 10.6 Å². The molecule has 4 nitrogen and oxygen atoms in total. The Hall–Kier alpha value is -1.55. The minimum Gasteiger partial charge on any atom is -0.394 e. The van der Waals surface area contributed by atoms with Gasteiger partial charge >= 0.3 is 6.03 Å². The molecule has 0 fully saturated rings. The van der Waals surface area contributed by atoms with E-state index in [4.69, 9.17) is 5.11 Å². The first kappa shape index (κ1) is 13.5. The highest BCUT2D eigenvalue weighted by molar-refractivity contribution is 5.91. The van der Waals surface area contributed by atoms with Crippen LogP contribution >= 0.6 is 0 Å². The van der Waals surface area contributed by atoms with E-state index in [-0.39, 0.29) is 18.7 Å². The highest BCUT2D eigenvalue weighted by atomic mass is 16.3. The zero-order chi connectivity index (χ0) is 13.0. The van der Waals surface area contributed by atoms with Gasteiger partial charge in [-0.05, 0) is 38.8 Å². The molecule has 1 aromatic rings. The lowest BCUT2D eigenvalue weighted by Gasteiger charge is -2.15. The van der Waals surface area contributed by atoms with E-state index < -0.39 is 0 Å². The third-order valence-electron chi connectivity index (χ3n) is 2.57. The normalized spacial score (nSPS) is 12.1. The summed E-state index contributed by atoms with van der Waals surface area (Å²) in [5.74, 6) is 0. The fraction of sp³-hybridized carbons (Fsp3) is 0.462. The molecule has 0 aromatic heterocycles. The second-order valence-electron chi connectivity index (χ2n) is 4.46. The molecule has 1 aromatic carbocycles. The summed E-state index contributed by atoms with van der Waals surface area (Å²) in [6.45, 7) is 7.63. The van der Waals surface area contributed by atoms with Crippen LogP contribution in [0.25, 0.3) is 0 Å². The lowest BCUT2D eigenvalue weighted by Crippen LogP contribution is -2.38. The second kappa shape index (κ2) is 5.68. The average Bonchev–Trinajstić information content (AvgIpc) is 2.23. The second-order valence-corrected chi connectivity index (χ2v) is 4.46. The van der Waals surface area contributed by atoms with E-state index in [0.717, 1.165) is 16.8 Å². The molecule has 0 aliphatic rings. The van der Waals surface area contributed by atoms with E-state index in [0.29, 0.717) is 0 Å². The van der Waals surface area contributed by atoms with Gasteiger partial charge in [0, 0.05) is 5.69 Å². The van der Waals surface area contributed by atoms with Crippen LogP contribution in [0.4, 0.5) is 10.5 Å². The van der Waals surface area contributed by atoms with Gasteiger partial charge in [-0.2, -0.15) is 0 Å². The van der Waals surface area contributed by atoms with Gasteiger partial charge in [-0.1, -0.05) is 17.7 Å². The minimum absolute atomic E-state index is 0.0702. The Morgan fingerprint density at radius 3 is 2.29 bits per heavy atom. The van der Waals surface area contributed by atoms with Crippen LogP contribution in [0.15, 0.2) is 12.1 Å². The molecule has 0 spiro atoms. The molecule has 1 rings (SSSR count). The summed E-state index contributed by atoms with van der Waals surface area (Å²) in [7, 11) is 0. The van der Waals surface area contributed by atoms with Crippen LogP contribution in [0.5, 0.6) is 0 Å². The quantitative estimate of drug-likeness (QED) is 0.752.